The van der Waals surface area contributed by atoms with Gasteiger partial charge in [-0.3, -0.25) is 4.57 Å². The van der Waals surface area contributed by atoms with E-state index in [-0.39, 0.29) is 0 Å². The molecule has 1 aromatic rings. The lowest BCUT2D eigenvalue weighted by Crippen LogP contribution is -2.38. The summed E-state index contributed by atoms with van der Waals surface area (Å²) in [5, 5.41) is 0. The maximum atomic E-state index is 5.42. The van der Waals surface area contributed by atoms with Gasteiger partial charge in [-0.05, 0) is 22.9 Å². The van der Waals surface area contributed by atoms with Gasteiger partial charge in [-0.2, -0.15) is 0 Å². The van der Waals surface area contributed by atoms with Crippen molar-refractivity contribution in [1.29, 1.82) is 0 Å². The van der Waals surface area contributed by atoms with Gasteiger partial charge in [0.05, 0.1) is 31.3 Å². The van der Waals surface area contributed by atoms with Crippen LogP contribution in [0.25, 0.3) is 5.70 Å². The first kappa shape index (κ1) is 12.0. The lowest BCUT2D eigenvalue weighted by Gasteiger charge is -2.34. The minimum Gasteiger partial charge on any atom is -0.378 e. The third-order valence-electron chi connectivity index (χ3n) is 3.35. The van der Waals surface area contributed by atoms with Crippen molar-refractivity contribution in [2.45, 2.75) is 13.6 Å². The van der Waals surface area contributed by atoms with Crippen molar-refractivity contribution in [2.75, 3.05) is 33.4 Å². The number of fused-ring (bicyclic) bond motifs is 1. The van der Waals surface area contributed by atoms with Crippen LogP contribution in [0, 0.1) is 6.92 Å². The maximum Gasteiger partial charge on any atom is 0.160 e. The zero-order chi connectivity index (χ0) is 12.7. The highest BCUT2D eigenvalue weighted by atomic mass is 79.9. The summed E-state index contributed by atoms with van der Waals surface area (Å²) >= 11 is 3.62. The molecule has 0 unspecified atom stereocenters. The van der Waals surface area contributed by atoms with Crippen molar-refractivity contribution in [3.05, 3.63) is 22.3 Å². The van der Waals surface area contributed by atoms with Gasteiger partial charge in [0.15, 0.2) is 5.82 Å². The third kappa shape index (κ3) is 1.93. The molecule has 0 bridgehead atoms. The predicted molar refractivity (Wildman–Crippen MR) is 72.8 cm³/mol. The molecule has 0 atom stereocenters. The Balaban J connectivity index is 2.00. The van der Waals surface area contributed by atoms with Crippen LogP contribution in [0.1, 0.15) is 11.5 Å². The molecule has 0 aromatic carbocycles. The van der Waals surface area contributed by atoms with Gasteiger partial charge in [-0.1, -0.05) is 0 Å². The number of imidazole rings is 1. The summed E-state index contributed by atoms with van der Waals surface area (Å²) < 4.78 is 8.70. The Hall–Kier alpha value is -1.01. The molecule has 5 nitrogen and oxygen atoms in total. The SMILES string of the molecule is Cc1nc2n(c1Br)CN(C)C=C2N1CCOCC1. The second-order valence-electron chi connectivity index (χ2n) is 4.75. The monoisotopic (exact) mass is 312 g/mol. The van der Waals surface area contributed by atoms with E-state index < -0.39 is 0 Å². The van der Waals surface area contributed by atoms with Crippen LogP contribution in [-0.2, 0) is 11.4 Å². The quantitative estimate of drug-likeness (QED) is 0.786. The summed E-state index contributed by atoms with van der Waals surface area (Å²) in [4.78, 5) is 9.22. The lowest BCUT2D eigenvalue weighted by molar-refractivity contribution is 0.0624. The highest BCUT2D eigenvalue weighted by Crippen LogP contribution is 2.29. The molecule has 1 aromatic heterocycles. The van der Waals surface area contributed by atoms with Crippen molar-refractivity contribution in [3.8, 4) is 0 Å². The Morgan fingerprint density at radius 3 is 2.78 bits per heavy atom. The second-order valence-corrected chi connectivity index (χ2v) is 5.50. The van der Waals surface area contributed by atoms with Gasteiger partial charge in [0.2, 0.25) is 0 Å². The molecule has 1 fully saturated rings. The van der Waals surface area contributed by atoms with E-state index in [1.54, 1.807) is 0 Å². The Labute approximate surface area is 115 Å². The van der Waals surface area contributed by atoms with E-state index in [1.807, 2.05) is 6.92 Å². The molecular weight excluding hydrogens is 296 g/mol. The molecule has 0 saturated carbocycles. The highest BCUT2D eigenvalue weighted by Gasteiger charge is 2.25. The molecule has 0 N–H and O–H groups in total. The number of aromatic nitrogens is 2. The molecule has 6 heteroatoms. The van der Waals surface area contributed by atoms with Crippen molar-refractivity contribution in [3.63, 3.8) is 0 Å². The molecule has 0 amide bonds. The first-order valence-electron chi connectivity index (χ1n) is 6.14. The van der Waals surface area contributed by atoms with E-state index in [0.717, 1.165) is 49.1 Å². The molecule has 0 radical (unpaired) electrons. The van der Waals surface area contributed by atoms with Gasteiger partial charge in [0.1, 0.15) is 4.60 Å². The van der Waals surface area contributed by atoms with Crippen LogP contribution in [0.3, 0.4) is 0 Å². The summed E-state index contributed by atoms with van der Waals surface area (Å²) in [6.07, 6.45) is 2.18. The highest BCUT2D eigenvalue weighted by molar-refractivity contribution is 9.10. The number of morpholine rings is 1. The standard InChI is InChI=1S/C12H17BrN4O/c1-9-11(13)17-8-15(2)7-10(12(17)14-9)16-3-5-18-6-4-16/h7H,3-6,8H2,1-2H3. The zero-order valence-electron chi connectivity index (χ0n) is 10.7. The molecule has 0 spiro atoms. The predicted octanol–water partition coefficient (Wildman–Crippen LogP) is 1.49. The van der Waals surface area contributed by atoms with Crippen LogP contribution in [0.4, 0.5) is 0 Å². The third-order valence-corrected chi connectivity index (χ3v) is 4.35. The van der Waals surface area contributed by atoms with E-state index in [4.69, 9.17) is 4.74 Å². The molecule has 3 heterocycles. The Morgan fingerprint density at radius 2 is 2.06 bits per heavy atom. The summed E-state index contributed by atoms with van der Waals surface area (Å²) in [6.45, 7) is 6.33. The number of hydrogen-bond donors (Lipinski definition) is 0. The van der Waals surface area contributed by atoms with Crippen molar-refractivity contribution in [1.82, 2.24) is 19.4 Å². The number of ether oxygens (including phenoxy) is 1. The summed E-state index contributed by atoms with van der Waals surface area (Å²) in [6, 6.07) is 0. The van der Waals surface area contributed by atoms with Gasteiger partial charge in [0.25, 0.3) is 0 Å². The van der Waals surface area contributed by atoms with Crippen molar-refractivity contribution < 1.29 is 4.74 Å². The van der Waals surface area contributed by atoms with Crippen molar-refractivity contribution in [2.24, 2.45) is 0 Å². The van der Waals surface area contributed by atoms with Crippen LogP contribution in [0.2, 0.25) is 0 Å². The number of aryl methyl sites for hydroxylation is 1. The zero-order valence-corrected chi connectivity index (χ0v) is 12.3. The summed E-state index contributed by atoms with van der Waals surface area (Å²) in [7, 11) is 2.09. The van der Waals surface area contributed by atoms with Crippen LogP contribution >= 0.6 is 15.9 Å². The molecule has 2 aliphatic rings. The fraction of sp³-hybridized carbons (Fsp3) is 0.583. The van der Waals surface area contributed by atoms with Gasteiger partial charge < -0.3 is 14.5 Å². The number of rotatable bonds is 1. The fourth-order valence-corrected chi connectivity index (χ4v) is 2.80. The molecule has 18 heavy (non-hydrogen) atoms. The van der Waals surface area contributed by atoms with Gasteiger partial charge in [-0.25, -0.2) is 4.98 Å². The summed E-state index contributed by atoms with van der Waals surface area (Å²) in [5.41, 5.74) is 2.24. The largest absolute Gasteiger partial charge is 0.378 e. The van der Waals surface area contributed by atoms with Gasteiger partial charge in [0, 0.05) is 26.3 Å². The van der Waals surface area contributed by atoms with Crippen LogP contribution in [0.15, 0.2) is 10.8 Å². The lowest BCUT2D eigenvalue weighted by atomic mass is 10.3. The first-order chi connectivity index (χ1) is 8.66. The smallest absolute Gasteiger partial charge is 0.160 e. The van der Waals surface area contributed by atoms with E-state index in [9.17, 15) is 0 Å². The van der Waals surface area contributed by atoms with Crippen LogP contribution in [-0.4, -0.2) is 52.7 Å². The van der Waals surface area contributed by atoms with Crippen LogP contribution in [0.5, 0.6) is 0 Å². The first-order valence-corrected chi connectivity index (χ1v) is 6.94. The molecule has 2 aliphatic heterocycles. The fourth-order valence-electron chi connectivity index (χ4n) is 2.44. The Morgan fingerprint density at radius 1 is 1.33 bits per heavy atom. The average Bonchev–Trinajstić information content (AvgIpc) is 2.66. The van der Waals surface area contributed by atoms with Gasteiger partial charge in [-0.15, -0.1) is 0 Å². The van der Waals surface area contributed by atoms with E-state index in [0.29, 0.717) is 0 Å². The minimum absolute atomic E-state index is 0.794. The van der Waals surface area contributed by atoms with E-state index in [1.165, 1.54) is 5.70 Å². The van der Waals surface area contributed by atoms with E-state index >= 15 is 0 Å². The molecule has 3 rings (SSSR count). The molecule has 1 saturated heterocycles. The molecule has 98 valence electrons. The van der Waals surface area contributed by atoms with Crippen molar-refractivity contribution >= 4 is 21.6 Å². The normalized spacial score (nSPS) is 19.8. The maximum absolute atomic E-state index is 5.42. The van der Waals surface area contributed by atoms with E-state index in [2.05, 4.69) is 48.5 Å². The number of nitrogens with zero attached hydrogens (tertiary/aromatic N) is 4. The minimum atomic E-state index is 0.794. The number of halogens is 1. The van der Waals surface area contributed by atoms with Gasteiger partial charge >= 0.3 is 0 Å². The number of hydrogen-bond acceptors (Lipinski definition) is 4. The average molecular weight is 313 g/mol. The molecule has 0 aliphatic carbocycles. The second kappa shape index (κ2) is 4.59. The Kier molecular flexibility index (Phi) is 3.07. The Bertz CT molecular complexity index is 491. The topological polar surface area (TPSA) is 33.5 Å². The van der Waals surface area contributed by atoms with Crippen LogP contribution < -0.4 is 0 Å². The summed E-state index contributed by atoms with van der Waals surface area (Å²) in [5.74, 6) is 1.05. The molecular formula is C12H17BrN4O.